The number of hydrogen-bond acceptors (Lipinski definition) is 6. The Balaban J connectivity index is 4.41. The molecular formula is C48H84NO7+. The van der Waals surface area contributed by atoms with Crippen molar-refractivity contribution >= 4 is 17.9 Å². The third-order valence-electron chi connectivity index (χ3n) is 9.68. The molecule has 0 amide bonds. The maximum absolute atomic E-state index is 12.7. The van der Waals surface area contributed by atoms with Gasteiger partial charge in [0.25, 0.3) is 0 Å². The number of hydrogen-bond donors (Lipinski definition) is 1. The van der Waals surface area contributed by atoms with E-state index in [4.69, 9.17) is 14.2 Å². The van der Waals surface area contributed by atoms with Gasteiger partial charge in [-0.2, -0.15) is 0 Å². The summed E-state index contributed by atoms with van der Waals surface area (Å²) >= 11 is 0. The minimum Gasteiger partial charge on any atom is -0.477 e. The van der Waals surface area contributed by atoms with Crippen LogP contribution in [0.15, 0.2) is 60.8 Å². The zero-order chi connectivity index (χ0) is 41.4. The molecule has 1 N–H and O–H groups in total. The Morgan fingerprint density at radius 2 is 1.00 bits per heavy atom. The molecule has 0 radical (unpaired) electrons. The largest absolute Gasteiger partial charge is 0.477 e. The van der Waals surface area contributed by atoms with Gasteiger partial charge in [0.15, 0.2) is 12.1 Å². The number of carboxylic acid groups (broad SMARTS) is 1. The Kier molecular flexibility index (Phi) is 36.8. The molecule has 0 heterocycles. The molecule has 0 saturated heterocycles. The summed E-state index contributed by atoms with van der Waals surface area (Å²) in [6.07, 6.45) is 46.9. The zero-order valence-corrected chi connectivity index (χ0v) is 36.6. The summed E-state index contributed by atoms with van der Waals surface area (Å²) in [6.45, 7) is 4.58. The average molecular weight is 787 g/mol. The summed E-state index contributed by atoms with van der Waals surface area (Å²) < 4.78 is 17.2. The molecule has 8 heteroatoms. The van der Waals surface area contributed by atoms with Gasteiger partial charge in [-0.15, -0.1) is 0 Å². The topological polar surface area (TPSA) is 99.1 Å². The van der Waals surface area contributed by atoms with Crippen LogP contribution in [0.5, 0.6) is 0 Å². The molecule has 2 atom stereocenters. The van der Waals surface area contributed by atoms with Crippen LogP contribution in [0.1, 0.15) is 174 Å². The SMILES string of the molecule is CC/C=C/C/C=C/C/C=C/C/C=C/C/C=C/CCCCCC(=O)OC(COCCC(C(=O)O)[N+](C)(C)C)COC(=O)CCCCCCCCCCCCCCC. The lowest BCUT2D eigenvalue weighted by Crippen LogP contribution is -2.50. The minimum atomic E-state index is -0.882. The van der Waals surface area contributed by atoms with Crippen molar-refractivity contribution in [2.24, 2.45) is 0 Å². The van der Waals surface area contributed by atoms with E-state index in [-0.39, 0.29) is 42.7 Å². The molecule has 0 saturated carbocycles. The van der Waals surface area contributed by atoms with Crippen LogP contribution in [-0.4, -0.2) is 80.6 Å². The first-order chi connectivity index (χ1) is 27.1. The van der Waals surface area contributed by atoms with Crippen LogP contribution in [0.2, 0.25) is 0 Å². The van der Waals surface area contributed by atoms with Crippen LogP contribution in [0.25, 0.3) is 0 Å². The molecule has 0 bridgehead atoms. The predicted molar refractivity (Wildman–Crippen MR) is 234 cm³/mol. The minimum absolute atomic E-state index is 0.0469. The maximum atomic E-state index is 12.7. The average Bonchev–Trinajstić information content (AvgIpc) is 3.15. The van der Waals surface area contributed by atoms with Gasteiger partial charge >= 0.3 is 17.9 Å². The van der Waals surface area contributed by atoms with E-state index < -0.39 is 18.1 Å². The summed E-state index contributed by atoms with van der Waals surface area (Å²) in [5.74, 6) is -1.51. The van der Waals surface area contributed by atoms with E-state index in [1.165, 1.54) is 64.2 Å². The van der Waals surface area contributed by atoms with Crippen LogP contribution >= 0.6 is 0 Å². The summed E-state index contributed by atoms with van der Waals surface area (Å²) in [6, 6.07) is -0.622. The molecule has 0 aromatic rings. The Labute approximate surface area is 343 Å². The van der Waals surface area contributed by atoms with Crippen molar-refractivity contribution in [2.45, 2.75) is 187 Å². The van der Waals surface area contributed by atoms with Crippen molar-refractivity contribution in [3.63, 3.8) is 0 Å². The van der Waals surface area contributed by atoms with E-state index in [1.807, 2.05) is 21.1 Å². The van der Waals surface area contributed by atoms with E-state index in [2.05, 4.69) is 74.6 Å². The van der Waals surface area contributed by atoms with Gasteiger partial charge in [-0.1, -0.05) is 158 Å². The second kappa shape index (κ2) is 38.9. The molecule has 0 spiro atoms. The van der Waals surface area contributed by atoms with Crippen LogP contribution in [0, 0.1) is 0 Å². The van der Waals surface area contributed by atoms with E-state index in [0.717, 1.165) is 77.0 Å². The first-order valence-electron chi connectivity index (χ1n) is 22.3. The van der Waals surface area contributed by atoms with Gasteiger partial charge in [-0.25, -0.2) is 4.79 Å². The van der Waals surface area contributed by atoms with Gasteiger partial charge in [0, 0.05) is 19.3 Å². The Bertz CT molecular complexity index is 1100. The van der Waals surface area contributed by atoms with Gasteiger partial charge < -0.3 is 23.8 Å². The van der Waals surface area contributed by atoms with Crippen molar-refractivity contribution in [1.82, 2.24) is 0 Å². The number of quaternary nitrogens is 1. The molecule has 0 rings (SSSR count). The molecule has 0 aliphatic carbocycles. The van der Waals surface area contributed by atoms with Crippen LogP contribution in [-0.2, 0) is 28.6 Å². The normalized spacial score (nSPS) is 13.5. The summed E-state index contributed by atoms with van der Waals surface area (Å²) in [7, 11) is 5.51. The zero-order valence-electron chi connectivity index (χ0n) is 36.6. The highest BCUT2D eigenvalue weighted by molar-refractivity contribution is 5.72. The molecule has 0 aliphatic rings. The number of carboxylic acids is 1. The predicted octanol–water partition coefficient (Wildman–Crippen LogP) is 12.2. The van der Waals surface area contributed by atoms with Gasteiger partial charge in [0.2, 0.25) is 0 Å². The number of carbonyl (C=O) groups is 3. The molecule has 0 fully saturated rings. The van der Waals surface area contributed by atoms with Gasteiger partial charge in [0.05, 0.1) is 34.4 Å². The number of ether oxygens (including phenoxy) is 3. The van der Waals surface area contributed by atoms with E-state index in [1.54, 1.807) is 0 Å². The number of esters is 2. The van der Waals surface area contributed by atoms with Crippen LogP contribution < -0.4 is 0 Å². The van der Waals surface area contributed by atoms with E-state index >= 15 is 0 Å². The fourth-order valence-electron chi connectivity index (χ4n) is 6.23. The fraction of sp³-hybridized carbons (Fsp3) is 0.729. The second-order valence-corrected chi connectivity index (χ2v) is 15.9. The second-order valence-electron chi connectivity index (χ2n) is 15.9. The first kappa shape index (κ1) is 53.0. The smallest absolute Gasteiger partial charge is 0.362 e. The summed E-state index contributed by atoms with van der Waals surface area (Å²) in [5.41, 5.74) is 0. The van der Waals surface area contributed by atoms with Gasteiger partial charge in [-0.05, 0) is 57.8 Å². The van der Waals surface area contributed by atoms with Crippen molar-refractivity contribution in [3.05, 3.63) is 60.8 Å². The third-order valence-corrected chi connectivity index (χ3v) is 9.68. The lowest BCUT2D eigenvalue weighted by atomic mass is 10.0. The number of aliphatic carboxylic acids is 1. The van der Waals surface area contributed by atoms with E-state index in [0.29, 0.717) is 12.8 Å². The third kappa shape index (κ3) is 36.7. The number of nitrogens with zero attached hydrogens (tertiary/aromatic N) is 1. The molecular weight excluding hydrogens is 703 g/mol. The fourth-order valence-corrected chi connectivity index (χ4v) is 6.23. The molecule has 8 nitrogen and oxygen atoms in total. The van der Waals surface area contributed by atoms with Gasteiger partial charge in [-0.3, -0.25) is 9.59 Å². The van der Waals surface area contributed by atoms with Crippen molar-refractivity contribution < 1.29 is 38.2 Å². The molecule has 322 valence electrons. The highest BCUT2D eigenvalue weighted by Crippen LogP contribution is 2.14. The number of carbonyl (C=O) groups excluding carboxylic acids is 2. The van der Waals surface area contributed by atoms with Crippen LogP contribution in [0.4, 0.5) is 0 Å². The molecule has 56 heavy (non-hydrogen) atoms. The summed E-state index contributed by atoms with van der Waals surface area (Å²) in [4.78, 5) is 37.0. The van der Waals surface area contributed by atoms with Crippen molar-refractivity contribution in [3.8, 4) is 0 Å². The first-order valence-corrected chi connectivity index (χ1v) is 22.3. The maximum Gasteiger partial charge on any atom is 0.362 e. The standard InChI is InChI=1S/C48H83NO7/c1-6-8-10-12-14-16-18-20-21-22-23-24-25-27-29-31-33-35-37-39-47(51)56-44(42-54-41-40-45(48(52)53)49(3,4)5)43-55-46(50)38-36-34-32-30-28-26-19-17-15-13-11-9-7-2/h8,10,14,16,20-21,23-24,27,29,44-45H,6-7,9,11-13,15,17-19,22,25-26,28,30-43H2,1-5H3/p+1/b10-8+,16-14+,21-20+,24-23+,29-27+. The van der Waals surface area contributed by atoms with Crippen molar-refractivity contribution in [1.29, 1.82) is 0 Å². The molecule has 2 unspecified atom stereocenters. The lowest BCUT2D eigenvalue weighted by molar-refractivity contribution is -0.887. The number of likely N-dealkylation sites (N-methyl/N-ethyl adjacent to an activating group) is 1. The number of allylic oxidation sites excluding steroid dienone is 10. The number of rotatable bonds is 39. The molecule has 0 aromatic carbocycles. The Morgan fingerprint density at radius 3 is 1.48 bits per heavy atom. The van der Waals surface area contributed by atoms with E-state index in [9.17, 15) is 19.5 Å². The van der Waals surface area contributed by atoms with Gasteiger partial charge in [0.1, 0.15) is 6.61 Å². The lowest BCUT2D eigenvalue weighted by Gasteiger charge is -2.31. The highest BCUT2D eigenvalue weighted by Gasteiger charge is 2.31. The summed E-state index contributed by atoms with van der Waals surface area (Å²) in [5, 5.41) is 9.62. The monoisotopic (exact) mass is 787 g/mol. The van der Waals surface area contributed by atoms with Crippen molar-refractivity contribution in [2.75, 3.05) is 41.0 Å². The number of unbranched alkanes of at least 4 members (excludes halogenated alkanes) is 15. The molecule has 0 aromatic heterocycles. The molecule has 0 aliphatic heterocycles. The Hall–Kier alpha value is -2.97. The van der Waals surface area contributed by atoms with Crippen LogP contribution in [0.3, 0.4) is 0 Å². The Morgan fingerprint density at radius 1 is 0.554 bits per heavy atom. The quantitative estimate of drug-likeness (QED) is 0.0287. The highest BCUT2D eigenvalue weighted by atomic mass is 16.6.